The molecule has 0 spiro atoms. The maximum absolute atomic E-state index is 12.8. The molecule has 1 aromatic carbocycles. The predicted molar refractivity (Wildman–Crippen MR) is 102 cm³/mol. The van der Waals surface area contributed by atoms with Crippen molar-refractivity contribution in [3.63, 3.8) is 0 Å². The minimum absolute atomic E-state index is 0.139. The highest BCUT2D eigenvalue weighted by atomic mass is 35.5. The van der Waals surface area contributed by atoms with E-state index >= 15 is 0 Å². The molecular formula is C18H18ClN3O2S. The van der Waals surface area contributed by atoms with Crippen molar-refractivity contribution in [3.05, 3.63) is 62.0 Å². The molecule has 0 aliphatic heterocycles. The molecule has 1 amide bonds. The number of nitrogens with zero attached hydrogens (tertiary/aromatic N) is 2. The Labute approximate surface area is 154 Å². The molecule has 0 saturated heterocycles. The lowest BCUT2D eigenvalue weighted by atomic mass is 10.0. The van der Waals surface area contributed by atoms with Crippen LogP contribution < -0.4 is 10.9 Å². The third-order valence-corrected chi connectivity index (χ3v) is 5.62. The van der Waals surface area contributed by atoms with Crippen LogP contribution in [0.15, 0.2) is 35.4 Å². The molecule has 7 heteroatoms. The van der Waals surface area contributed by atoms with E-state index in [1.807, 2.05) is 25.1 Å². The van der Waals surface area contributed by atoms with Crippen LogP contribution in [0.3, 0.4) is 0 Å². The number of carbonyl (C=O) groups excluding carboxylic acids is 1. The molecule has 130 valence electrons. The summed E-state index contributed by atoms with van der Waals surface area (Å²) in [7, 11) is 1.65. The molecule has 1 atom stereocenters. The SMILES string of the molecule is CCC(NC(=O)c1sc2ncn(C)c(=O)c2c1C)c1cccc(Cl)c1. The number of thiophene rings is 1. The molecule has 0 fully saturated rings. The van der Waals surface area contributed by atoms with Crippen LogP contribution >= 0.6 is 22.9 Å². The largest absolute Gasteiger partial charge is 0.345 e. The monoisotopic (exact) mass is 375 g/mol. The van der Waals surface area contributed by atoms with Crippen molar-refractivity contribution in [2.24, 2.45) is 7.05 Å². The summed E-state index contributed by atoms with van der Waals surface area (Å²) in [4.78, 5) is 30.5. The average Bonchev–Trinajstić information content (AvgIpc) is 2.93. The smallest absolute Gasteiger partial charge is 0.262 e. The molecule has 0 bridgehead atoms. The van der Waals surface area contributed by atoms with Crippen molar-refractivity contribution >= 4 is 39.1 Å². The summed E-state index contributed by atoms with van der Waals surface area (Å²) in [5.41, 5.74) is 1.49. The third-order valence-electron chi connectivity index (χ3n) is 4.18. The highest BCUT2D eigenvalue weighted by Gasteiger charge is 2.21. The lowest BCUT2D eigenvalue weighted by molar-refractivity contribution is 0.0939. The molecule has 3 rings (SSSR count). The predicted octanol–water partition coefficient (Wildman–Crippen LogP) is 3.84. The van der Waals surface area contributed by atoms with E-state index in [0.717, 1.165) is 12.0 Å². The minimum Gasteiger partial charge on any atom is -0.345 e. The Morgan fingerprint density at radius 1 is 1.44 bits per heavy atom. The summed E-state index contributed by atoms with van der Waals surface area (Å²) in [6, 6.07) is 7.31. The molecule has 2 aromatic heterocycles. The van der Waals surface area contributed by atoms with E-state index in [1.54, 1.807) is 20.0 Å². The van der Waals surface area contributed by atoms with Gasteiger partial charge in [0.1, 0.15) is 4.83 Å². The summed E-state index contributed by atoms with van der Waals surface area (Å²) >= 11 is 7.30. The van der Waals surface area contributed by atoms with Gasteiger partial charge in [-0.3, -0.25) is 9.59 Å². The van der Waals surface area contributed by atoms with Gasteiger partial charge in [0.15, 0.2) is 0 Å². The molecule has 0 radical (unpaired) electrons. The number of amides is 1. The average molecular weight is 376 g/mol. The van der Waals surface area contributed by atoms with Gasteiger partial charge in [0.05, 0.1) is 22.6 Å². The number of rotatable bonds is 4. The molecule has 3 aromatic rings. The van der Waals surface area contributed by atoms with Crippen LogP contribution in [0.2, 0.25) is 5.02 Å². The number of hydrogen-bond acceptors (Lipinski definition) is 4. The number of aryl methyl sites for hydroxylation is 2. The summed E-state index contributed by atoms with van der Waals surface area (Å²) in [5, 5.41) is 4.18. The topological polar surface area (TPSA) is 64.0 Å². The van der Waals surface area contributed by atoms with E-state index in [9.17, 15) is 9.59 Å². The second-order valence-electron chi connectivity index (χ2n) is 5.89. The van der Waals surface area contributed by atoms with Crippen LogP contribution in [0.1, 0.15) is 40.2 Å². The normalized spacial score (nSPS) is 12.3. The number of carbonyl (C=O) groups is 1. The second kappa shape index (κ2) is 6.98. The summed E-state index contributed by atoms with van der Waals surface area (Å²) in [6.45, 7) is 3.79. The number of fused-ring (bicyclic) bond motifs is 1. The molecule has 1 unspecified atom stereocenters. The number of hydrogen-bond donors (Lipinski definition) is 1. The van der Waals surface area contributed by atoms with Crippen LogP contribution in [-0.2, 0) is 7.05 Å². The summed E-state index contributed by atoms with van der Waals surface area (Å²) in [5.74, 6) is -0.200. The van der Waals surface area contributed by atoms with Gasteiger partial charge in [0.2, 0.25) is 0 Å². The van der Waals surface area contributed by atoms with Crippen molar-refractivity contribution in [2.45, 2.75) is 26.3 Å². The highest BCUT2D eigenvalue weighted by molar-refractivity contribution is 7.20. The van der Waals surface area contributed by atoms with E-state index in [0.29, 0.717) is 25.7 Å². The quantitative estimate of drug-likeness (QED) is 0.753. The van der Waals surface area contributed by atoms with E-state index in [2.05, 4.69) is 10.3 Å². The number of aromatic nitrogens is 2. The van der Waals surface area contributed by atoms with Gasteiger partial charge in [-0.2, -0.15) is 0 Å². The zero-order valence-corrected chi connectivity index (χ0v) is 15.7. The van der Waals surface area contributed by atoms with Gasteiger partial charge in [0.25, 0.3) is 11.5 Å². The van der Waals surface area contributed by atoms with Crippen molar-refractivity contribution in [2.75, 3.05) is 0 Å². The van der Waals surface area contributed by atoms with E-state index in [-0.39, 0.29) is 17.5 Å². The first kappa shape index (κ1) is 17.6. The molecule has 2 heterocycles. The lowest BCUT2D eigenvalue weighted by Crippen LogP contribution is -2.28. The van der Waals surface area contributed by atoms with E-state index in [4.69, 9.17) is 11.6 Å². The van der Waals surface area contributed by atoms with Gasteiger partial charge in [-0.25, -0.2) is 4.98 Å². The zero-order valence-electron chi connectivity index (χ0n) is 14.2. The standard InChI is InChI=1S/C18H18ClN3O2S/c1-4-13(11-6-5-7-12(19)8-11)21-16(23)15-10(2)14-17(25-15)20-9-22(3)18(14)24/h5-9,13H,4H2,1-3H3,(H,21,23). The number of benzene rings is 1. The first-order valence-corrected chi connectivity index (χ1v) is 9.12. The third kappa shape index (κ3) is 3.32. The van der Waals surface area contributed by atoms with Gasteiger partial charge in [-0.1, -0.05) is 30.7 Å². The lowest BCUT2D eigenvalue weighted by Gasteiger charge is -2.17. The second-order valence-corrected chi connectivity index (χ2v) is 7.32. The Morgan fingerprint density at radius 3 is 2.88 bits per heavy atom. The fourth-order valence-electron chi connectivity index (χ4n) is 2.79. The number of halogens is 1. The van der Waals surface area contributed by atoms with Crippen LogP contribution in [0.4, 0.5) is 0 Å². The van der Waals surface area contributed by atoms with Crippen molar-refractivity contribution in [1.82, 2.24) is 14.9 Å². The molecular weight excluding hydrogens is 358 g/mol. The van der Waals surface area contributed by atoms with Crippen molar-refractivity contribution in [3.8, 4) is 0 Å². The van der Waals surface area contributed by atoms with Crippen molar-refractivity contribution in [1.29, 1.82) is 0 Å². The fourth-order valence-corrected chi connectivity index (χ4v) is 4.03. The Balaban J connectivity index is 1.95. The van der Waals surface area contributed by atoms with Gasteiger partial charge < -0.3 is 9.88 Å². The Kier molecular flexibility index (Phi) is 4.92. The molecule has 25 heavy (non-hydrogen) atoms. The Bertz CT molecular complexity index is 1010. The molecule has 0 saturated carbocycles. The van der Waals surface area contributed by atoms with Gasteiger partial charge in [-0.15, -0.1) is 11.3 Å². The van der Waals surface area contributed by atoms with Gasteiger partial charge >= 0.3 is 0 Å². The van der Waals surface area contributed by atoms with Gasteiger partial charge in [-0.05, 0) is 36.6 Å². The maximum atomic E-state index is 12.8. The fraction of sp³-hybridized carbons (Fsp3) is 0.278. The van der Waals surface area contributed by atoms with Crippen LogP contribution in [0, 0.1) is 6.92 Å². The minimum atomic E-state index is -0.200. The first-order chi connectivity index (χ1) is 11.9. The van der Waals surface area contributed by atoms with Crippen LogP contribution in [0.5, 0.6) is 0 Å². The van der Waals surface area contributed by atoms with E-state index in [1.165, 1.54) is 22.2 Å². The van der Waals surface area contributed by atoms with E-state index < -0.39 is 0 Å². The molecule has 5 nitrogen and oxygen atoms in total. The highest BCUT2D eigenvalue weighted by Crippen LogP contribution is 2.28. The Morgan fingerprint density at radius 2 is 2.20 bits per heavy atom. The molecule has 1 N–H and O–H groups in total. The van der Waals surface area contributed by atoms with Crippen LogP contribution in [0.25, 0.3) is 10.2 Å². The van der Waals surface area contributed by atoms with Crippen molar-refractivity contribution < 1.29 is 4.79 Å². The van der Waals surface area contributed by atoms with Gasteiger partial charge in [0, 0.05) is 12.1 Å². The Hall–Kier alpha value is -2.18. The summed E-state index contributed by atoms with van der Waals surface area (Å²) in [6.07, 6.45) is 2.21. The first-order valence-electron chi connectivity index (χ1n) is 7.93. The van der Waals surface area contributed by atoms with Crippen LogP contribution in [-0.4, -0.2) is 15.5 Å². The number of nitrogens with one attached hydrogen (secondary N) is 1. The molecule has 0 aliphatic rings. The zero-order chi connectivity index (χ0) is 18.1. The summed E-state index contributed by atoms with van der Waals surface area (Å²) < 4.78 is 1.42. The molecule has 0 aliphatic carbocycles. The maximum Gasteiger partial charge on any atom is 0.262 e.